The average molecular weight is 581 g/mol. The molecule has 0 spiro atoms. The van der Waals surface area contributed by atoms with E-state index in [9.17, 15) is 39.9 Å². The highest BCUT2D eigenvalue weighted by Gasteiger charge is 2.47. The summed E-state index contributed by atoms with van der Waals surface area (Å²) in [6.07, 6.45) is -0.0587. The fourth-order valence-electron chi connectivity index (χ4n) is 4.54. The number of hydrogen-bond acceptors (Lipinski definition) is 11. The van der Waals surface area contributed by atoms with Crippen LogP contribution < -0.4 is 4.57 Å². The first-order chi connectivity index (χ1) is 19.5. The van der Waals surface area contributed by atoms with Crippen molar-refractivity contribution in [3.05, 3.63) is 60.2 Å². The van der Waals surface area contributed by atoms with Crippen molar-refractivity contribution in [2.75, 3.05) is 13.7 Å². The summed E-state index contributed by atoms with van der Waals surface area (Å²) in [5.41, 5.74) is 0.471. The summed E-state index contributed by atoms with van der Waals surface area (Å²) in [6, 6.07) is 1.40. The van der Waals surface area contributed by atoms with E-state index in [1.54, 1.807) is 22.9 Å². The maximum Gasteiger partial charge on any atom is 0.341 e. The molecule has 0 bridgehead atoms. The van der Waals surface area contributed by atoms with Crippen molar-refractivity contribution in [3.8, 4) is 0 Å². The molecule has 14 heteroatoms. The van der Waals surface area contributed by atoms with Crippen LogP contribution in [-0.2, 0) is 35.1 Å². The van der Waals surface area contributed by atoms with Crippen LogP contribution in [0.15, 0.2) is 49.0 Å². The molecule has 0 saturated carbocycles. The van der Waals surface area contributed by atoms with Crippen LogP contribution in [0.4, 0.5) is 0 Å². The molecule has 2 aliphatic rings. The van der Waals surface area contributed by atoms with E-state index >= 15 is 0 Å². The zero-order valence-corrected chi connectivity index (χ0v) is 22.2. The van der Waals surface area contributed by atoms with E-state index in [2.05, 4.69) is 6.58 Å². The highest BCUT2D eigenvalue weighted by molar-refractivity contribution is 5.90. The molecule has 0 radical (unpaired) electrons. The predicted octanol–water partition coefficient (Wildman–Crippen LogP) is -0.802. The lowest BCUT2D eigenvalue weighted by Gasteiger charge is -2.42. The number of pyridine rings is 1. The zero-order valence-electron chi connectivity index (χ0n) is 22.2. The number of aliphatic hydroxyl groups excluding tert-OH is 4. The summed E-state index contributed by atoms with van der Waals surface area (Å²) < 4.78 is 23.2. The van der Waals surface area contributed by atoms with Gasteiger partial charge in [0.05, 0.1) is 37.9 Å². The number of carboxylic acid groups (broad SMARTS) is 2. The molecule has 0 unspecified atom stereocenters. The fraction of sp³-hybridized carbons (Fsp3) is 0.481. The third-order valence-corrected chi connectivity index (χ3v) is 6.72. The van der Waals surface area contributed by atoms with Gasteiger partial charge in [0.25, 0.3) is 0 Å². The smallest absolute Gasteiger partial charge is 0.341 e. The van der Waals surface area contributed by atoms with E-state index in [0.29, 0.717) is 5.56 Å². The number of aliphatic hydroxyl groups is 4. The summed E-state index contributed by atoms with van der Waals surface area (Å²) in [5, 5.41) is 58.4. The molecule has 41 heavy (non-hydrogen) atoms. The fourth-order valence-corrected chi connectivity index (χ4v) is 4.54. The molecule has 2 aliphatic heterocycles. The van der Waals surface area contributed by atoms with Crippen LogP contribution in [0.2, 0.25) is 0 Å². The minimum absolute atomic E-state index is 0.0396. The highest BCUT2D eigenvalue weighted by atomic mass is 16.8. The normalized spacial score (nSPS) is 29.8. The molecule has 1 saturated heterocycles. The van der Waals surface area contributed by atoms with Gasteiger partial charge >= 0.3 is 17.9 Å². The number of methoxy groups -OCH3 is 1. The highest BCUT2D eigenvalue weighted by Crippen LogP contribution is 2.36. The summed E-state index contributed by atoms with van der Waals surface area (Å²) in [5.74, 6) is -4.48. The van der Waals surface area contributed by atoms with Crippen molar-refractivity contribution >= 4 is 24.0 Å². The lowest BCUT2D eigenvalue weighted by molar-refractivity contribution is -0.697. The number of aliphatic carboxylic acids is 1. The van der Waals surface area contributed by atoms with Gasteiger partial charge in [-0.15, -0.1) is 6.58 Å². The summed E-state index contributed by atoms with van der Waals surface area (Å²) in [4.78, 5) is 35.1. The number of esters is 1. The van der Waals surface area contributed by atoms with Crippen molar-refractivity contribution in [1.29, 1.82) is 0 Å². The number of hydrogen-bond donors (Lipinski definition) is 6. The van der Waals surface area contributed by atoms with E-state index in [0.717, 1.165) is 6.26 Å². The topological polar surface area (TPSA) is 213 Å². The number of carbonyl (C=O) groups excluding carboxylic acids is 1. The summed E-state index contributed by atoms with van der Waals surface area (Å²) in [7, 11) is 1.18. The van der Waals surface area contributed by atoms with E-state index in [-0.39, 0.29) is 30.5 Å². The first kappa shape index (κ1) is 31.9. The Morgan fingerprint density at radius 3 is 2.44 bits per heavy atom. The molecule has 8 atom stereocenters. The molecule has 0 aromatic carbocycles. The number of aromatic nitrogens is 1. The lowest BCUT2D eigenvalue weighted by Crippen LogP contribution is -2.60. The van der Waals surface area contributed by atoms with Crippen LogP contribution in [-0.4, -0.2) is 99.3 Å². The Morgan fingerprint density at radius 2 is 1.83 bits per heavy atom. The molecule has 3 heterocycles. The van der Waals surface area contributed by atoms with Gasteiger partial charge in [-0.3, -0.25) is 4.79 Å². The van der Waals surface area contributed by atoms with Crippen LogP contribution in [0.3, 0.4) is 0 Å². The third-order valence-electron chi connectivity index (χ3n) is 6.72. The van der Waals surface area contributed by atoms with Crippen LogP contribution in [0.5, 0.6) is 0 Å². The minimum Gasteiger partial charge on any atom is -0.481 e. The molecule has 1 fully saturated rings. The van der Waals surface area contributed by atoms with Gasteiger partial charge in [0, 0.05) is 17.9 Å². The standard InChI is InChI=1S/C27H33NO13/c1-3-16-17(7-6-14-9-15(24(35)36)11-28(10-14)8-4-5-20(30)31)18(25(37)38-2)13-39-26(16)41-27-23(34)22(33)21(32)19(12-29)40-27/h3,6-7,9-11,13,16-17,19,21-23,26-27,29,32-34H,1,4-5,8,12H2,2H3,(H-,30,31,35,36)/p+1/b7-6+/t16-,17+,19-,21-,22+,23-,26+,27+/m1/s1. The van der Waals surface area contributed by atoms with Crippen molar-refractivity contribution in [2.24, 2.45) is 11.8 Å². The largest absolute Gasteiger partial charge is 0.481 e. The Hall–Kier alpha value is -3.66. The van der Waals surface area contributed by atoms with Gasteiger partial charge in [0.2, 0.25) is 6.29 Å². The second kappa shape index (κ2) is 14.3. The Balaban J connectivity index is 1.91. The average Bonchev–Trinajstić information content (AvgIpc) is 2.95. The molecule has 3 rings (SSSR count). The van der Waals surface area contributed by atoms with Crippen LogP contribution in [0, 0.1) is 11.8 Å². The van der Waals surface area contributed by atoms with Crippen LogP contribution >= 0.6 is 0 Å². The summed E-state index contributed by atoms with van der Waals surface area (Å²) >= 11 is 0. The first-order valence-corrected chi connectivity index (χ1v) is 12.7. The molecule has 0 aliphatic carbocycles. The van der Waals surface area contributed by atoms with Gasteiger partial charge in [-0.25, -0.2) is 14.2 Å². The van der Waals surface area contributed by atoms with Gasteiger partial charge in [0.1, 0.15) is 36.5 Å². The maximum atomic E-state index is 12.6. The van der Waals surface area contributed by atoms with E-state index in [1.807, 2.05) is 0 Å². The van der Waals surface area contributed by atoms with Gasteiger partial charge in [-0.1, -0.05) is 18.2 Å². The van der Waals surface area contributed by atoms with Gasteiger partial charge in [-0.2, -0.15) is 0 Å². The second-order valence-electron chi connectivity index (χ2n) is 9.50. The van der Waals surface area contributed by atoms with Crippen LogP contribution in [0.25, 0.3) is 6.08 Å². The SMILES string of the molecule is C=C[C@H]1[C@H](O[C@@H]2O[C@H](CO)[C@@H](O)[C@H](O)[C@H]2O)OC=C(C(=O)OC)[C@H]1/C=C/c1cc(C(=O)O)c[n+](CCCC(=O)O)c1. The lowest BCUT2D eigenvalue weighted by atomic mass is 9.83. The first-order valence-electron chi connectivity index (χ1n) is 12.7. The molecule has 224 valence electrons. The number of ether oxygens (including phenoxy) is 4. The van der Waals surface area contributed by atoms with E-state index in [1.165, 1.54) is 25.4 Å². The molecular formula is C27H34NO13+. The van der Waals surface area contributed by atoms with Crippen molar-refractivity contribution in [2.45, 2.75) is 56.4 Å². The number of nitrogens with zero attached hydrogens (tertiary/aromatic N) is 1. The predicted molar refractivity (Wildman–Crippen MR) is 137 cm³/mol. The molecule has 1 aromatic rings. The van der Waals surface area contributed by atoms with E-state index < -0.39 is 73.3 Å². The number of carboxylic acids is 2. The van der Waals surface area contributed by atoms with Crippen LogP contribution in [0.1, 0.15) is 28.8 Å². The Kier molecular flexibility index (Phi) is 11.1. The Labute approximate surface area is 235 Å². The number of aryl methyl sites for hydroxylation is 1. The second-order valence-corrected chi connectivity index (χ2v) is 9.50. The Morgan fingerprint density at radius 1 is 1.10 bits per heavy atom. The van der Waals surface area contributed by atoms with Crippen molar-refractivity contribution in [3.63, 3.8) is 0 Å². The summed E-state index contributed by atoms with van der Waals surface area (Å²) in [6.45, 7) is 3.38. The number of aromatic carboxylic acids is 1. The maximum absolute atomic E-state index is 12.6. The minimum atomic E-state index is -1.70. The van der Waals surface area contributed by atoms with Gasteiger partial charge in [0.15, 0.2) is 18.7 Å². The number of rotatable bonds is 12. The molecular weight excluding hydrogens is 546 g/mol. The van der Waals surface area contributed by atoms with Crippen molar-refractivity contribution in [1.82, 2.24) is 0 Å². The monoisotopic (exact) mass is 580 g/mol. The van der Waals surface area contributed by atoms with Gasteiger partial charge in [-0.05, 0) is 6.07 Å². The number of allylic oxidation sites excluding steroid dienone is 1. The molecule has 0 amide bonds. The third kappa shape index (κ3) is 7.75. The quantitative estimate of drug-likeness (QED) is 0.102. The van der Waals surface area contributed by atoms with E-state index in [4.69, 9.17) is 24.1 Å². The van der Waals surface area contributed by atoms with Crippen molar-refractivity contribution < 1.29 is 68.5 Å². The molecule has 14 nitrogen and oxygen atoms in total. The number of carbonyl (C=O) groups is 3. The Bertz CT molecular complexity index is 1180. The van der Waals surface area contributed by atoms with Gasteiger partial charge < -0.3 is 49.6 Å². The zero-order chi connectivity index (χ0) is 30.3. The molecule has 1 aromatic heterocycles. The molecule has 6 N–H and O–H groups in total.